The van der Waals surface area contributed by atoms with Gasteiger partial charge in [-0.05, 0) is 24.1 Å². The smallest absolute Gasteiger partial charge is 0.322 e. The summed E-state index contributed by atoms with van der Waals surface area (Å²) >= 11 is 4.70. The molecule has 0 heterocycles. The maximum absolute atomic E-state index is 12.1. The molecule has 0 amide bonds. The third-order valence-corrected chi connectivity index (χ3v) is 13.6. The molecule has 0 aliphatic rings. The van der Waals surface area contributed by atoms with Crippen molar-refractivity contribution in [1.29, 1.82) is 0 Å². The number of carbonyl (C=O) groups is 1. The summed E-state index contributed by atoms with van der Waals surface area (Å²) in [7, 11) is -7.57. The lowest BCUT2D eigenvalue weighted by Crippen LogP contribution is -2.25. The van der Waals surface area contributed by atoms with Crippen molar-refractivity contribution >= 4 is 61.0 Å². The minimum atomic E-state index is -4.21. The molecule has 0 radical (unpaired) electrons. The second-order valence-electron chi connectivity index (χ2n) is 6.26. The SMILES string of the molecule is CCCCCCCCCCCCSS(=O)(=O)C(=S)SS(=O)(=O)C(C)C(=O)O. The van der Waals surface area contributed by atoms with Crippen LogP contribution < -0.4 is 0 Å². The van der Waals surface area contributed by atoms with E-state index in [1.807, 2.05) is 0 Å². The summed E-state index contributed by atoms with van der Waals surface area (Å²) in [6.07, 6.45) is 11.4. The Labute approximate surface area is 176 Å². The normalized spacial score (nSPS) is 13.4. The molecule has 27 heavy (non-hydrogen) atoms. The van der Waals surface area contributed by atoms with E-state index in [1.165, 1.54) is 38.5 Å². The van der Waals surface area contributed by atoms with Crippen LogP contribution in [-0.2, 0) is 22.5 Å². The number of hydrogen-bond donors (Lipinski definition) is 1. The van der Waals surface area contributed by atoms with E-state index >= 15 is 0 Å². The molecule has 1 atom stereocenters. The fourth-order valence-corrected chi connectivity index (χ4v) is 10.3. The molecule has 0 rings (SSSR count). The van der Waals surface area contributed by atoms with Gasteiger partial charge in [0.25, 0.3) is 0 Å². The second-order valence-corrected chi connectivity index (χ2v) is 15.6. The molecular formula is C16H30O6S5. The lowest BCUT2D eigenvalue weighted by atomic mass is 10.1. The van der Waals surface area contributed by atoms with E-state index in [2.05, 4.69) is 6.92 Å². The van der Waals surface area contributed by atoms with Crippen LogP contribution in [0, 0.1) is 0 Å². The lowest BCUT2D eigenvalue weighted by Gasteiger charge is -2.08. The van der Waals surface area contributed by atoms with Crippen molar-refractivity contribution in [2.75, 3.05) is 5.75 Å². The first-order valence-electron chi connectivity index (χ1n) is 9.14. The molecule has 0 aromatic heterocycles. The quantitative estimate of drug-likeness (QED) is 0.202. The molecule has 160 valence electrons. The van der Waals surface area contributed by atoms with Gasteiger partial charge in [-0.15, -0.1) is 0 Å². The van der Waals surface area contributed by atoms with Crippen LogP contribution in [0.2, 0.25) is 0 Å². The molecule has 0 bridgehead atoms. The zero-order valence-electron chi connectivity index (χ0n) is 15.9. The fraction of sp³-hybridized carbons (Fsp3) is 0.875. The van der Waals surface area contributed by atoms with Gasteiger partial charge < -0.3 is 5.11 Å². The standard InChI is InChI=1S/C16H30O6S5/c1-3-4-5-6-7-8-9-10-11-12-13-24-27(21,22)16(23)25-26(19,20)14(2)15(17)18/h14H,3-13H2,1-2H3,(H,17,18). The Bertz CT molecular complexity index is 657. The van der Waals surface area contributed by atoms with E-state index in [9.17, 15) is 21.6 Å². The average Bonchev–Trinajstić information content (AvgIpc) is 2.58. The number of rotatable bonds is 15. The zero-order chi connectivity index (χ0) is 20.9. The summed E-state index contributed by atoms with van der Waals surface area (Å²) in [6, 6.07) is 0. The Morgan fingerprint density at radius 3 is 1.81 bits per heavy atom. The summed E-state index contributed by atoms with van der Waals surface area (Å²) in [5.74, 6) is -1.20. The van der Waals surface area contributed by atoms with Gasteiger partial charge in [0.05, 0.1) is 0 Å². The van der Waals surface area contributed by atoms with Gasteiger partial charge in [-0.25, -0.2) is 16.8 Å². The van der Waals surface area contributed by atoms with Crippen molar-refractivity contribution in [3.8, 4) is 0 Å². The van der Waals surface area contributed by atoms with Crippen LogP contribution in [-0.4, -0.2) is 42.4 Å². The second kappa shape index (κ2) is 14.2. The van der Waals surface area contributed by atoms with Crippen molar-refractivity contribution < 1.29 is 26.7 Å². The summed E-state index contributed by atoms with van der Waals surface area (Å²) in [5, 5.41) is 7.04. The summed E-state index contributed by atoms with van der Waals surface area (Å²) in [4.78, 5) is 10.8. The van der Waals surface area contributed by atoms with E-state index < -0.39 is 32.5 Å². The van der Waals surface area contributed by atoms with Crippen LogP contribution in [0.1, 0.15) is 78.1 Å². The number of aliphatic carboxylic acids is 1. The van der Waals surface area contributed by atoms with E-state index in [-0.39, 0.29) is 10.8 Å². The Morgan fingerprint density at radius 2 is 1.37 bits per heavy atom. The fourth-order valence-electron chi connectivity index (χ4n) is 2.14. The topological polar surface area (TPSA) is 106 Å². The Hall–Kier alpha value is 0.160. The average molecular weight is 479 g/mol. The van der Waals surface area contributed by atoms with Crippen LogP contribution in [0.3, 0.4) is 0 Å². The van der Waals surface area contributed by atoms with E-state index in [0.29, 0.717) is 23.0 Å². The van der Waals surface area contributed by atoms with Gasteiger partial charge in [-0.3, -0.25) is 4.79 Å². The zero-order valence-corrected chi connectivity index (χ0v) is 20.0. The van der Waals surface area contributed by atoms with E-state index in [0.717, 1.165) is 26.2 Å². The highest BCUT2D eigenvalue weighted by atomic mass is 33.2. The third kappa shape index (κ3) is 12.4. The van der Waals surface area contributed by atoms with Gasteiger partial charge in [0.15, 0.2) is 8.78 Å². The number of carboxylic acids is 1. The molecule has 0 aliphatic heterocycles. The van der Waals surface area contributed by atoms with Gasteiger partial charge in [0.2, 0.25) is 17.7 Å². The molecule has 0 fully saturated rings. The van der Waals surface area contributed by atoms with E-state index in [1.54, 1.807) is 0 Å². The number of carboxylic acid groups (broad SMARTS) is 1. The Morgan fingerprint density at radius 1 is 0.926 bits per heavy atom. The minimum Gasteiger partial charge on any atom is -0.480 e. The molecule has 1 unspecified atom stereocenters. The summed E-state index contributed by atoms with van der Waals surface area (Å²) < 4.78 is 47.0. The molecule has 6 nitrogen and oxygen atoms in total. The molecule has 0 saturated heterocycles. The van der Waals surface area contributed by atoms with Gasteiger partial charge in [0.1, 0.15) is 0 Å². The molecule has 0 aromatic rings. The number of hydrogen-bond acceptors (Lipinski definition) is 8. The van der Waals surface area contributed by atoms with Crippen molar-refractivity contribution in [2.24, 2.45) is 0 Å². The first kappa shape index (κ1) is 27.2. The minimum absolute atomic E-state index is 0.0578. The predicted octanol–water partition coefficient (Wildman–Crippen LogP) is 4.79. The third-order valence-electron chi connectivity index (χ3n) is 3.91. The highest BCUT2D eigenvalue weighted by Crippen LogP contribution is 2.29. The lowest BCUT2D eigenvalue weighted by molar-refractivity contribution is -0.136. The van der Waals surface area contributed by atoms with Gasteiger partial charge >= 0.3 is 5.97 Å². The van der Waals surface area contributed by atoms with Crippen molar-refractivity contribution in [3.05, 3.63) is 0 Å². The van der Waals surface area contributed by atoms with Crippen LogP contribution in [0.25, 0.3) is 0 Å². The molecular weight excluding hydrogens is 449 g/mol. The molecule has 0 aliphatic carbocycles. The highest BCUT2D eigenvalue weighted by molar-refractivity contribution is 8.93. The van der Waals surface area contributed by atoms with Crippen LogP contribution in [0.5, 0.6) is 0 Å². The van der Waals surface area contributed by atoms with Crippen molar-refractivity contribution in [3.63, 3.8) is 0 Å². The number of thiocarbonyl (C=S) groups is 1. The van der Waals surface area contributed by atoms with Crippen molar-refractivity contribution in [1.82, 2.24) is 0 Å². The molecule has 1 N–H and O–H groups in total. The predicted molar refractivity (Wildman–Crippen MR) is 119 cm³/mol. The van der Waals surface area contributed by atoms with Crippen molar-refractivity contribution in [2.45, 2.75) is 83.3 Å². The van der Waals surface area contributed by atoms with Crippen LogP contribution in [0.15, 0.2) is 0 Å². The van der Waals surface area contributed by atoms with Gasteiger partial charge in [-0.1, -0.05) is 76.9 Å². The molecule has 0 saturated carbocycles. The largest absolute Gasteiger partial charge is 0.480 e. The first-order chi connectivity index (χ1) is 12.5. The monoisotopic (exact) mass is 478 g/mol. The van der Waals surface area contributed by atoms with Crippen LogP contribution in [0.4, 0.5) is 0 Å². The number of unbranched alkanes of at least 4 members (excludes halogenated alkanes) is 9. The maximum Gasteiger partial charge on any atom is 0.322 e. The van der Waals surface area contributed by atoms with Gasteiger partial charge in [-0.2, -0.15) is 0 Å². The molecule has 0 aromatic carbocycles. The molecule has 11 heteroatoms. The Kier molecular flexibility index (Phi) is 14.3. The first-order valence-corrected chi connectivity index (χ1v) is 15.4. The van der Waals surface area contributed by atoms with Crippen LogP contribution >= 0.6 is 33.8 Å². The highest BCUT2D eigenvalue weighted by Gasteiger charge is 2.33. The summed E-state index contributed by atoms with van der Waals surface area (Å²) in [6.45, 7) is 3.18. The Balaban J connectivity index is 4.03. The summed E-state index contributed by atoms with van der Waals surface area (Å²) in [5.41, 5.74) is 0. The van der Waals surface area contributed by atoms with Gasteiger partial charge in [0, 0.05) is 16.5 Å². The molecule has 0 spiro atoms. The van der Waals surface area contributed by atoms with E-state index in [4.69, 9.17) is 17.3 Å². The maximum atomic E-state index is 12.1.